The molecule has 1 aromatic heterocycles. The van der Waals surface area contributed by atoms with Gasteiger partial charge in [0.05, 0.1) is 23.3 Å². The van der Waals surface area contributed by atoms with E-state index < -0.39 is 0 Å². The molecule has 4 nitrogen and oxygen atoms in total. The van der Waals surface area contributed by atoms with Gasteiger partial charge in [-0.3, -0.25) is 0 Å². The summed E-state index contributed by atoms with van der Waals surface area (Å²) in [5, 5.41) is 1.22. The average Bonchev–Trinajstić information content (AvgIpc) is 3.02. The number of hydrogen-bond acceptors (Lipinski definition) is 3. The zero-order chi connectivity index (χ0) is 18.3. The molecule has 0 bridgehead atoms. The van der Waals surface area contributed by atoms with Gasteiger partial charge in [-0.1, -0.05) is 35.3 Å². The van der Waals surface area contributed by atoms with E-state index in [9.17, 15) is 0 Å². The highest BCUT2D eigenvalue weighted by molar-refractivity contribution is 6.35. The number of hydrogen-bond donors (Lipinski definition) is 0. The van der Waals surface area contributed by atoms with Gasteiger partial charge in [-0.2, -0.15) is 0 Å². The first-order valence-electron chi connectivity index (χ1n) is 8.94. The summed E-state index contributed by atoms with van der Waals surface area (Å²) < 4.78 is 8.35. The Labute approximate surface area is 163 Å². The minimum Gasteiger partial charge on any atom is -0.370 e. The molecule has 2 heterocycles. The van der Waals surface area contributed by atoms with Gasteiger partial charge in [-0.25, -0.2) is 4.98 Å². The molecule has 0 radical (unpaired) electrons. The minimum absolute atomic E-state index is 0.287. The SMILES string of the molecule is CCN(CC)c1cccc2nc3n(c12)CCOC3c1ccc(Cl)cc1Cl. The molecule has 0 saturated carbocycles. The first kappa shape index (κ1) is 17.7. The maximum atomic E-state index is 6.44. The van der Waals surface area contributed by atoms with E-state index in [1.54, 1.807) is 6.07 Å². The zero-order valence-corrected chi connectivity index (χ0v) is 16.4. The van der Waals surface area contributed by atoms with Crippen molar-refractivity contribution >= 4 is 39.9 Å². The molecule has 1 aliphatic rings. The molecular formula is C20H21Cl2N3O. The van der Waals surface area contributed by atoms with E-state index in [0.29, 0.717) is 16.7 Å². The Morgan fingerprint density at radius 1 is 1.19 bits per heavy atom. The number of anilines is 1. The van der Waals surface area contributed by atoms with Gasteiger partial charge in [-0.05, 0) is 38.1 Å². The van der Waals surface area contributed by atoms with Crippen LogP contribution in [-0.2, 0) is 11.3 Å². The van der Waals surface area contributed by atoms with Crippen molar-refractivity contribution < 1.29 is 4.74 Å². The van der Waals surface area contributed by atoms with Crippen molar-refractivity contribution in [1.29, 1.82) is 0 Å². The van der Waals surface area contributed by atoms with Gasteiger partial charge >= 0.3 is 0 Å². The number of aromatic nitrogens is 2. The normalized spacial score (nSPS) is 16.7. The van der Waals surface area contributed by atoms with E-state index in [0.717, 1.165) is 36.5 Å². The predicted octanol–water partition coefficient (Wildman–Crippen LogP) is 5.31. The van der Waals surface area contributed by atoms with Crippen LogP contribution < -0.4 is 4.90 Å². The first-order valence-corrected chi connectivity index (χ1v) is 9.70. The molecule has 1 aliphatic heterocycles. The summed E-state index contributed by atoms with van der Waals surface area (Å²) in [5.74, 6) is 0.898. The molecule has 136 valence electrons. The van der Waals surface area contributed by atoms with Crippen molar-refractivity contribution in [1.82, 2.24) is 9.55 Å². The third kappa shape index (κ3) is 2.86. The van der Waals surface area contributed by atoms with E-state index in [1.165, 1.54) is 11.2 Å². The number of ether oxygens (including phenoxy) is 1. The highest BCUT2D eigenvalue weighted by Gasteiger charge is 2.29. The molecule has 0 aliphatic carbocycles. The van der Waals surface area contributed by atoms with Gasteiger partial charge in [0, 0.05) is 35.2 Å². The molecular weight excluding hydrogens is 369 g/mol. The maximum absolute atomic E-state index is 6.44. The quantitative estimate of drug-likeness (QED) is 0.605. The van der Waals surface area contributed by atoms with Crippen LogP contribution in [0.25, 0.3) is 11.0 Å². The fraction of sp³-hybridized carbons (Fsp3) is 0.350. The minimum atomic E-state index is -0.287. The Hall–Kier alpha value is -1.75. The molecule has 1 unspecified atom stereocenters. The second kappa shape index (κ2) is 7.10. The van der Waals surface area contributed by atoms with Crippen LogP contribution in [0.4, 0.5) is 5.69 Å². The lowest BCUT2D eigenvalue weighted by Crippen LogP contribution is -2.25. The van der Waals surface area contributed by atoms with E-state index >= 15 is 0 Å². The van der Waals surface area contributed by atoms with E-state index in [-0.39, 0.29) is 6.10 Å². The summed E-state index contributed by atoms with van der Waals surface area (Å²) in [4.78, 5) is 7.26. The number of imidazole rings is 1. The molecule has 4 rings (SSSR count). The number of nitrogens with zero attached hydrogens (tertiary/aromatic N) is 3. The third-order valence-corrected chi connectivity index (χ3v) is 5.52. The number of rotatable bonds is 4. The summed E-state index contributed by atoms with van der Waals surface area (Å²) in [7, 11) is 0. The Morgan fingerprint density at radius 3 is 2.73 bits per heavy atom. The van der Waals surface area contributed by atoms with Gasteiger partial charge in [0.25, 0.3) is 0 Å². The van der Waals surface area contributed by atoms with Crippen LogP contribution >= 0.6 is 23.2 Å². The number of para-hydroxylation sites is 1. The lowest BCUT2D eigenvalue weighted by Gasteiger charge is -2.27. The van der Waals surface area contributed by atoms with Crippen LogP contribution in [0.5, 0.6) is 0 Å². The van der Waals surface area contributed by atoms with Crippen LogP contribution in [0, 0.1) is 0 Å². The summed E-state index contributed by atoms with van der Waals surface area (Å²) in [5.41, 5.74) is 4.28. The average molecular weight is 390 g/mol. The molecule has 2 aromatic carbocycles. The fourth-order valence-corrected chi connectivity index (χ4v) is 4.22. The summed E-state index contributed by atoms with van der Waals surface area (Å²) in [6.07, 6.45) is -0.287. The largest absolute Gasteiger partial charge is 0.370 e. The first-order chi connectivity index (χ1) is 12.6. The topological polar surface area (TPSA) is 30.3 Å². The standard InChI is InChI=1S/C20H21Cl2N3O/c1-3-24(4-2)17-7-5-6-16-18(17)25-10-11-26-19(20(25)23-16)14-9-8-13(21)12-15(14)22/h5-9,12,19H,3-4,10-11H2,1-2H3. The van der Waals surface area contributed by atoms with Crippen molar-refractivity contribution in [2.75, 3.05) is 24.6 Å². The van der Waals surface area contributed by atoms with Gasteiger partial charge in [0.1, 0.15) is 11.9 Å². The molecule has 6 heteroatoms. The third-order valence-electron chi connectivity index (χ3n) is 4.96. The zero-order valence-electron chi connectivity index (χ0n) is 14.9. The van der Waals surface area contributed by atoms with Crippen LogP contribution in [0.2, 0.25) is 10.0 Å². The fourth-order valence-electron chi connectivity index (χ4n) is 3.71. The van der Waals surface area contributed by atoms with Crippen LogP contribution in [0.1, 0.15) is 31.3 Å². The molecule has 1 atom stereocenters. The Bertz CT molecular complexity index is 950. The number of fused-ring (bicyclic) bond motifs is 3. The van der Waals surface area contributed by atoms with Gasteiger partial charge in [0.2, 0.25) is 0 Å². The number of benzene rings is 2. The van der Waals surface area contributed by atoms with E-state index in [2.05, 4.69) is 41.5 Å². The Morgan fingerprint density at radius 2 is 2.00 bits per heavy atom. The van der Waals surface area contributed by atoms with Crippen LogP contribution in [0.15, 0.2) is 36.4 Å². The van der Waals surface area contributed by atoms with E-state index in [4.69, 9.17) is 32.9 Å². The predicted molar refractivity (Wildman–Crippen MR) is 108 cm³/mol. The van der Waals surface area contributed by atoms with Gasteiger partial charge < -0.3 is 14.2 Å². The second-order valence-corrected chi connectivity index (χ2v) is 7.20. The number of halogens is 2. The van der Waals surface area contributed by atoms with Gasteiger partial charge in [0.15, 0.2) is 0 Å². The maximum Gasteiger partial charge on any atom is 0.143 e. The molecule has 0 saturated heterocycles. The van der Waals surface area contributed by atoms with Crippen molar-refractivity contribution in [2.24, 2.45) is 0 Å². The Balaban J connectivity index is 1.90. The highest BCUT2D eigenvalue weighted by Crippen LogP contribution is 2.38. The Kier molecular flexibility index (Phi) is 4.82. The summed E-state index contributed by atoms with van der Waals surface area (Å²) >= 11 is 12.5. The second-order valence-electron chi connectivity index (χ2n) is 6.36. The van der Waals surface area contributed by atoms with Crippen molar-refractivity contribution in [3.8, 4) is 0 Å². The van der Waals surface area contributed by atoms with Gasteiger partial charge in [-0.15, -0.1) is 0 Å². The lowest BCUT2D eigenvalue weighted by atomic mass is 10.1. The monoisotopic (exact) mass is 389 g/mol. The van der Waals surface area contributed by atoms with Crippen LogP contribution in [-0.4, -0.2) is 29.2 Å². The van der Waals surface area contributed by atoms with Crippen molar-refractivity contribution in [3.05, 3.63) is 57.8 Å². The summed E-state index contributed by atoms with van der Waals surface area (Å²) in [6.45, 7) is 7.67. The molecule has 0 fully saturated rings. The smallest absolute Gasteiger partial charge is 0.143 e. The molecule has 0 N–H and O–H groups in total. The van der Waals surface area contributed by atoms with Crippen molar-refractivity contribution in [2.45, 2.75) is 26.5 Å². The molecule has 3 aromatic rings. The van der Waals surface area contributed by atoms with Crippen molar-refractivity contribution in [3.63, 3.8) is 0 Å². The highest BCUT2D eigenvalue weighted by atomic mass is 35.5. The molecule has 0 spiro atoms. The summed E-state index contributed by atoms with van der Waals surface area (Å²) in [6, 6.07) is 11.8. The molecule has 0 amide bonds. The van der Waals surface area contributed by atoms with Crippen LogP contribution in [0.3, 0.4) is 0 Å². The lowest BCUT2D eigenvalue weighted by molar-refractivity contribution is 0.0443. The van der Waals surface area contributed by atoms with E-state index in [1.807, 2.05) is 12.1 Å². The molecule has 26 heavy (non-hydrogen) atoms.